The van der Waals surface area contributed by atoms with Crippen molar-refractivity contribution < 1.29 is 9.53 Å². The topological polar surface area (TPSA) is 94.1 Å². The highest BCUT2D eigenvalue weighted by atomic mass is 16.5. The molecule has 7 nitrogen and oxygen atoms in total. The molecule has 24 heavy (non-hydrogen) atoms. The van der Waals surface area contributed by atoms with Crippen molar-refractivity contribution in [3.05, 3.63) is 68.0 Å². The molecule has 1 aromatic carbocycles. The maximum absolute atomic E-state index is 12.5. The number of nitriles is 1. The van der Waals surface area contributed by atoms with Gasteiger partial charge in [-0.05, 0) is 30.5 Å². The van der Waals surface area contributed by atoms with Crippen molar-refractivity contribution in [2.75, 3.05) is 7.11 Å². The summed E-state index contributed by atoms with van der Waals surface area (Å²) in [6, 6.07) is 8.41. The molecule has 0 saturated heterocycles. The number of benzene rings is 1. The Balaban J connectivity index is 2.06. The van der Waals surface area contributed by atoms with Gasteiger partial charge in [-0.25, -0.2) is 9.59 Å². The maximum Gasteiger partial charge on any atom is 0.337 e. The summed E-state index contributed by atoms with van der Waals surface area (Å²) in [5, 5.41) is 9.14. The Labute approximate surface area is 137 Å². The molecule has 0 unspecified atom stereocenters. The van der Waals surface area contributed by atoms with Gasteiger partial charge in [0.2, 0.25) is 0 Å². The molecule has 1 fully saturated rings. The third-order valence-electron chi connectivity index (χ3n) is 3.95. The predicted octanol–water partition coefficient (Wildman–Crippen LogP) is 1.05. The number of carbonyl (C=O) groups is 1. The summed E-state index contributed by atoms with van der Waals surface area (Å²) in [5.41, 5.74) is -0.185. The van der Waals surface area contributed by atoms with Crippen molar-refractivity contribution in [1.29, 1.82) is 5.26 Å². The van der Waals surface area contributed by atoms with Crippen molar-refractivity contribution in [3.63, 3.8) is 0 Å². The fourth-order valence-corrected chi connectivity index (χ4v) is 2.55. The molecule has 0 spiro atoms. The van der Waals surface area contributed by atoms with E-state index >= 15 is 0 Å². The van der Waals surface area contributed by atoms with Crippen LogP contribution in [0.4, 0.5) is 0 Å². The smallest absolute Gasteiger partial charge is 0.337 e. The molecule has 1 heterocycles. The van der Waals surface area contributed by atoms with E-state index < -0.39 is 17.2 Å². The van der Waals surface area contributed by atoms with Crippen LogP contribution in [0.1, 0.15) is 40.4 Å². The zero-order valence-electron chi connectivity index (χ0n) is 13.1. The molecule has 1 aromatic heterocycles. The van der Waals surface area contributed by atoms with Gasteiger partial charge in [0, 0.05) is 12.2 Å². The normalized spacial score (nSPS) is 13.3. The van der Waals surface area contributed by atoms with Crippen LogP contribution in [-0.2, 0) is 11.3 Å². The Morgan fingerprint density at radius 2 is 2.12 bits per heavy atom. The Morgan fingerprint density at radius 1 is 1.38 bits per heavy atom. The third-order valence-corrected chi connectivity index (χ3v) is 3.95. The monoisotopic (exact) mass is 325 g/mol. The predicted molar refractivity (Wildman–Crippen MR) is 84.8 cm³/mol. The van der Waals surface area contributed by atoms with Crippen molar-refractivity contribution in [2.45, 2.75) is 25.4 Å². The second-order valence-corrected chi connectivity index (χ2v) is 5.66. The molecule has 0 atom stereocenters. The molecule has 0 radical (unpaired) electrons. The first-order chi connectivity index (χ1) is 11.5. The largest absolute Gasteiger partial charge is 0.465 e. The third kappa shape index (κ3) is 2.86. The number of nitrogens with zero attached hydrogens (tertiary/aromatic N) is 3. The molecule has 0 aliphatic heterocycles. The van der Waals surface area contributed by atoms with Crippen molar-refractivity contribution >= 4 is 5.97 Å². The average molecular weight is 325 g/mol. The van der Waals surface area contributed by atoms with Gasteiger partial charge < -0.3 is 4.74 Å². The molecule has 1 aliphatic carbocycles. The number of ether oxygens (including phenoxy) is 1. The lowest BCUT2D eigenvalue weighted by atomic mass is 10.1. The zero-order chi connectivity index (χ0) is 17.3. The minimum absolute atomic E-state index is 0.00919. The maximum atomic E-state index is 12.5. The number of hydrogen-bond acceptors (Lipinski definition) is 5. The van der Waals surface area contributed by atoms with E-state index in [0.29, 0.717) is 11.1 Å². The summed E-state index contributed by atoms with van der Waals surface area (Å²) < 4.78 is 7.15. The van der Waals surface area contributed by atoms with Gasteiger partial charge in [-0.3, -0.25) is 13.9 Å². The molecule has 0 N–H and O–H groups in total. The quantitative estimate of drug-likeness (QED) is 0.783. The SMILES string of the molecule is COC(=O)c1cccc(Cn2c(=O)c(C#N)cn(C3CC3)c2=O)c1. The van der Waals surface area contributed by atoms with Crippen LogP contribution in [-0.4, -0.2) is 22.2 Å². The summed E-state index contributed by atoms with van der Waals surface area (Å²) >= 11 is 0. The lowest BCUT2D eigenvalue weighted by molar-refractivity contribution is 0.0600. The molecule has 1 aliphatic rings. The Hall–Kier alpha value is -3.14. The molecule has 7 heteroatoms. The number of aromatic nitrogens is 2. The van der Waals surface area contributed by atoms with Gasteiger partial charge in [-0.2, -0.15) is 5.26 Å². The molecule has 1 saturated carbocycles. The standard InChI is InChI=1S/C17H15N3O4/c1-24-16(22)12-4-2-3-11(7-12)9-20-15(21)13(8-18)10-19(17(20)23)14-5-6-14/h2-4,7,10,14H,5-6,9H2,1H3. The van der Waals surface area contributed by atoms with Gasteiger partial charge >= 0.3 is 11.7 Å². The van der Waals surface area contributed by atoms with E-state index in [0.717, 1.165) is 17.4 Å². The Bertz CT molecular complexity index is 961. The highest BCUT2D eigenvalue weighted by Gasteiger charge is 2.26. The second-order valence-electron chi connectivity index (χ2n) is 5.66. The van der Waals surface area contributed by atoms with E-state index in [1.165, 1.54) is 17.9 Å². The molecule has 2 aromatic rings. The van der Waals surface area contributed by atoms with Gasteiger partial charge in [-0.1, -0.05) is 12.1 Å². The summed E-state index contributed by atoms with van der Waals surface area (Å²) in [7, 11) is 1.28. The van der Waals surface area contributed by atoms with Crippen molar-refractivity contribution in [2.24, 2.45) is 0 Å². The highest BCUT2D eigenvalue weighted by Crippen LogP contribution is 2.33. The zero-order valence-corrected chi connectivity index (χ0v) is 13.1. The average Bonchev–Trinajstić information content (AvgIpc) is 3.43. The molecular formula is C17H15N3O4. The van der Waals surface area contributed by atoms with E-state index in [2.05, 4.69) is 4.74 Å². The molecular weight excluding hydrogens is 310 g/mol. The first kappa shape index (κ1) is 15.7. The number of rotatable bonds is 4. The molecule has 122 valence electrons. The van der Waals surface area contributed by atoms with E-state index in [1.54, 1.807) is 24.3 Å². The summed E-state index contributed by atoms with van der Waals surface area (Å²) in [6.07, 6.45) is 3.06. The van der Waals surface area contributed by atoms with Gasteiger partial charge in [0.1, 0.15) is 11.6 Å². The first-order valence-electron chi connectivity index (χ1n) is 7.48. The number of carbonyl (C=O) groups excluding carboxylic acids is 1. The van der Waals surface area contributed by atoms with E-state index in [1.807, 2.05) is 6.07 Å². The van der Waals surface area contributed by atoms with Gasteiger partial charge in [0.15, 0.2) is 0 Å². The van der Waals surface area contributed by atoms with Crippen LogP contribution in [0.2, 0.25) is 0 Å². The minimum Gasteiger partial charge on any atom is -0.465 e. The van der Waals surface area contributed by atoms with Gasteiger partial charge in [0.05, 0.1) is 19.2 Å². The van der Waals surface area contributed by atoms with Crippen LogP contribution in [0.5, 0.6) is 0 Å². The summed E-state index contributed by atoms with van der Waals surface area (Å²) in [6.45, 7) is -0.00919. The van der Waals surface area contributed by atoms with Gasteiger partial charge in [-0.15, -0.1) is 0 Å². The molecule has 0 bridgehead atoms. The first-order valence-corrected chi connectivity index (χ1v) is 7.48. The summed E-state index contributed by atoms with van der Waals surface area (Å²) in [4.78, 5) is 36.5. The van der Waals surface area contributed by atoms with Gasteiger partial charge in [0.25, 0.3) is 5.56 Å². The lowest BCUT2D eigenvalue weighted by Gasteiger charge is -2.11. The van der Waals surface area contributed by atoms with Crippen LogP contribution < -0.4 is 11.2 Å². The Kier molecular flexibility index (Phi) is 4.04. The number of hydrogen-bond donors (Lipinski definition) is 0. The van der Waals surface area contributed by atoms with Crippen LogP contribution in [0.3, 0.4) is 0 Å². The fraction of sp³-hybridized carbons (Fsp3) is 0.294. The molecule has 0 amide bonds. The lowest BCUT2D eigenvalue weighted by Crippen LogP contribution is -2.40. The van der Waals surface area contributed by atoms with Crippen molar-refractivity contribution in [1.82, 2.24) is 9.13 Å². The van der Waals surface area contributed by atoms with Crippen LogP contribution in [0, 0.1) is 11.3 Å². The van der Waals surface area contributed by atoms with Crippen LogP contribution in [0.15, 0.2) is 40.1 Å². The Morgan fingerprint density at radius 3 is 2.75 bits per heavy atom. The van der Waals surface area contributed by atoms with Crippen LogP contribution >= 0.6 is 0 Å². The highest BCUT2D eigenvalue weighted by molar-refractivity contribution is 5.89. The van der Waals surface area contributed by atoms with E-state index in [9.17, 15) is 14.4 Å². The van der Waals surface area contributed by atoms with Crippen molar-refractivity contribution in [3.8, 4) is 6.07 Å². The number of esters is 1. The minimum atomic E-state index is -0.622. The van der Waals surface area contributed by atoms with Crippen LogP contribution in [0.25, 0.3) is 0 Å². The molecule has 3 rings (SSSR count). The number of methoxy groups -OCH3 is 1. The van der Waals surface area contributed by atoms with E-state index in [-0.39, 0.29) is 18.2 Å². The van der Waals surface area contributed by atoms with E-state index in [4.69, 9.17) is 5.26 Å². The summed E-state index contributed by atoms with van der Waals surface area (Å²) in [5.74, 6) is -0.495. The fourth-order valence-electron chi connectivity index (χ4n) is 2.55. The second kappa shape index (κ2) is 6.16.